The van der Waals surface area contributed by atoms with Gasteiger partial charge in [0.2, 0.25) is 0 Å². The third-order valence-electron chi connectivity index (χ3n) is 5.44. The molecule has 1 aliphatic heterocycles. The number of benzene rings is 1. The molecule has 1 amide bonds. The SMILES string of the molecule is CN/C(=C\C(N)=Nc1ncc(OCc2c(F)c(OC)cc(OC)c2F)cn1)C(=O)N1CCC(O)CC1. The minimum atomic E-state index is -0.909. The Morgan fingerprint density at radius 2 is 1.81 bits per heavy atom. The molecule has 1 fully saturated rings. The van der Waals surface area contributed by atoms with E-state index in [1.165, 1.54) is 32.7 Å². The molecule has 4 N–H and O–H groups in total. The standard InChI is InChI=1S/C23H28F2N6O5/c1-27-16(22(33)31-6-4-13(32)5-7-31)8-19(26)30-23-28-10-14(11-29-23)36-12-15-20(24)17(34-2)9-18(35-3)21(15)25/h8-11,13,27,32H,4-7,12H2,1-3H3,(H2,26,28,29,30)/b16-8-. The summed E-state index contributed by atoms with van der Waals surface area (Å²) in [5, 5.41) is 12.4. The first-order chi connectivity index (χ1) is 17.3. The highest BCUT2D eigenvalue weighted by molar-refractivity contribution is 6.02. The summed E-state index contributed by atoms with van der Waals surface area (Å²) < 4.78 is 44.2. The van der Waals surface area contributed by atoms with Gasteiger partial charge in [0.05, 0.1) is 38.3 Å². The molecule has 0 atom stereocenters. The van der Waals surface area contributed by atoms with E-state index in [1.54, 1.807) is 11.9 Å². The Morgan fingerprint density at radius 3 is 2.33 bits per heavy atom. The number of amidine groups is 1. The van der Waals surface area contributed by atoms with Crippen molar-refractivity contribution in [3.63, 3.8) is 0 Å². The van der Waals surface area contributed by atoms with Crippen LogP contribution in [0.15, 0.2) is 35.2 Å². The molecule has 0 aliphatic carbocycles. The lowest BCUT2D eigenvalue weighted by molar-refractivity contribution is -0.129. The van der Waals surface area contributed by atoms with Gasteiger partial charge in [-0.25, -0.2) is 18.7 Å². The Hall–Kier alpha value is -4.00. The number of halogens is 2. The average Bonchev–Trinajstić information content (AvgIpc) is 2.88. The lowest BCUT2D eigenvalue weighted by Crippen LogP contribution is -2.42. The Kier molecular flexibility index (Phi) is 8.95. The van der Waals surface area contributed by atoms with Crippen molar-refractivity contribution in [3.05, 3.63) is 47.4 Å². The van der Waals surface area contributed by atoms with Crippen LogP contribution in [-0.2, 0) is 11.4 Å². The van der Waals surface area contributed by atoms with Crippen molar-refractivity contribution < 1.29 is 32.9 Å². The summed E-state index contributed by atoms with van der Waals surface area (Å²) in [5.41, 5.74) is 5.78. The van der Waals surface area contributed by atoms with Crippen molar-refractivity contribution in [2.45, 2.75) is 25.6 Å². The maximum atomic E-state index is 14.5. The summed E-state index contributed by atoms with van der Waals surface area (Å²) >= 11 is 0. The number of rotatable bonds is 9. The maximum Gasteiger partial charge on any atom is 0.270 e. The summed E-state index contributed by atoms with van der Waals surface area (Å²) in [7, 11) is 4.09. The Balaban J connectivity index is 1.68. The molecular formula is C23H28F2N6O5. The number of nitrogens with one attached hydrogen (secondary N) is 1. The number of methoxy groups -OCH3 is 2. The molecule has 13 heteroatoms. The number of aliphatic hydroxyl groups excluding tert-OH is 1. The van der Waals surface area contributed by atoms with E-state index < -0.39 is 24.3 Å². The van der Waals surface area contributed by atoms with Crippen LogP contribution in [0.2, 0.25) is 0 Å². The zero-order valence-corrected chi connectivity index (χ0v) is 20.1. The fourth-order valence-corrected chi connectivity index (χ4v) is 3.44. The van der Waals surface area contributed by atoms with E-state index >= 15 is 0 Å². The van der Waals surface area contributed by atoms with Gasteiger partial charge in [0.25, 0.3) is 11.9 Å². The van der Waals surface area contributed by atoms with Crippen LogP contribution in [0.3, 0.4) is 0 Å². The van der Waals surface area contributed by atoms with E-state index in [9.17, 15) is 18.7 Å². The highest BCUT2D eigenvalue weighted by atomic mass is 19.1. The van der Waals surface area contributed by atoms with Crippen molar-refractivity contribution in [1.82, 2.24) is 20.2 Å². The van der Waals surface area contributed by atoms with Crippen LogP contribution >= 0.6 is 0 Å². The molecule has 2 heterocycles. The second kappa shape index (κ2) is 12.1. The molecular weight excluding hydrogens is 478 g/mol. The molecule has 1 aliphatic rings. The number of nitrogens with two attached hydrogens (primary N) is 1. The first kappa shape index (κ1) is 26.6. The molecule has 36 heavy (non-hydrogen) atoms. The number of aliphatic hydroxyl groups is 1. The quantitative estimate of drug-likeness (QED) is 0.261. The summed E-state index contributed by atoms with van der Waals surface area (Å²) in [6, 6.07) is 1.10. The first-order valence-electron chi connectivity index (χ1n) is 11.0. The first-order valence-corrected chi connectivity index (χ1v) is 11.0. The van der Waals surface area contributed by atoms with Crippen LogP contribution in [0, 0.1) is 11.6 Å². The summed E-state index contributed by atoms with van der Waals surface area (Å²) in [6.45, 7) is 0.414. The summed E-state index contributed by atoms with van der Waals surface area (Å²) in [4.78, 5) is 26.4. The van der Waals surface area contributed by atoms with Crippen molar-refractivity contribution in [2.75, 3.05) is 34.4 Å². The summed E-state index contributed by atoms with van der Waals surface area (Å²) in [5.74, 6) is -2.36. The number of hydrogen-bond donors (Lipinski definition) is 3. The largest absolute Gasteiger partial charge is 0.494 e. The van der Waals surface area contributed by atoms with Crippen LogP contribution in [0.1, 0.15) is 18.4 Å². The van der Waals surface area contributed by atoms with Gasteiger partial charge in [0.1, 0.15) is 18.1 Å². The van der Waals surface area contributed by atoms with E-state index in [0.29, 0.717) is 25.9 Å². The second-order valence-electron chi connectivity index (χ2n) is 7.76. The van der Waals surface area contributed by atoms with Gasteiger partial charge in [-0.05, 0) is 12.8 Å². The van der Waals surface area contributed by atoms with E-state index in [-0.39, 0.29) is 46.2 Å². The highest BCUT2D eigenvalue weighted by Crippen LogP contribution is 2.32. The van der Waals surface area contributed by atoms with Gasteiger partial charge < -0.3 is 35.3 Å². The number of piperidine rings is 1. The minimum absolute atomic E-state index is 0.0134. The van der Waals surface area contributed by atoms with Crippen LogP contribution in [0.25, 0.3) is 0 Å². The molecule has 11 nitrogen and oxygen atoms in total. The molecule has 0 unspecified atom stereocenters. The predicted octanol–water partition coefficient (Wildman–Crippen LogP) is 1.43. The number of carbonyl (C=O) groups is 1. The zero-order chi connectivity index (χ0) is 26.2. The Morgan fingerprint density at radius 1 is 1.22 bits per heavy atom. The number of amides is 1. The molecule has 1 aromatic heterocycles. The second-order valence-corrected chi connectivity index (χ2v) is 7.76. The molecule has 1 saturated heterocycles. The van der Waals surface area contributed by atoms with Crippen LogP contribution in [0.4, 0.5) is 14.7 Å². The van der Waals surface area contributed by atoms with Crippen molar-refractivity contribution in [1.29, 1.82) is 0 Å². The normalized spacial score (nSPS) is 15.0. The van der Waals surface area contributed by atoms with Gasteiger partial charge in [0.15, 0.2) is 28.9 Å². The van der Waals surface area contributed by atoms with Crippen molar-refractivity contribution >= 4 is 17.7 Å². The summed E-state index contributed by atoms with van der Waals surface area (Å²) in [6.07, 6.45) is 4.52. The van der Waals surface area contributed by atoms with E-state index in [1.807, 2.05) is 0 Å². The highest BCUT2D eigenvalue weighted by Gasteiger charge is 2.24. The third-order valence-corrected chi connectivity index (χ3v) is 5.44. The Bertz CT molecular complexity index is 1110. The number of hydrogen-bond acceptors (Lipinski definition) is 9. The van der Waals surface area contributed by atoms with Gasteiger partial charge >= 0.3 is 0 Å². The fraction of sp³-hybridized carbons (Fsp3) is 0.391. The van der Waals surface area contributed by atoms with Gasteiger partial charge in [-0.3, -0.25) is 4.79 Å². The topological polar surface area (TPSA) is 144 Å². The molecule has 0 saturated carbocycles. The van der Waals surface area contributed by atoms with Crippen molar-refractivity contribution in [2.24, 2.45) is 10.7 Å². The lowest BCUT2D eigenvalue weighted by Gasteiger charge is -2.30. The lowest BCUT2D eigenvalue weighted by atomic mass is 10.1. The monoisotopic (exact) mass is 506 g/mol. The molecule has 1 aromatic carbocycles. The average molecular weight is 507 g/mol. The smallest absolute Gasteiger partial charge is 0.270 e. The number of likely N-dealkylation sites (tertiary alicyclic amines) is 1. The van der Waals surface area contributed by atoms with E-state index in [0.717, 1.165) is 6.07 Å². The Labute approximate surface area is 206 Å². The van der Waals surface area contributed by atoms with Crippen LogP contribution in [-0.4, -0.2) is 72.2 Å². The van der Waals surface area contributed by atoms with Gasteiger partial charge in [-0.2, -0.15) is 4.99 Å². The molecule has 3 rings (SSSR count). The number of ether oxygens (including phenoxy) is 3. The molecule has 2 aromatic rings. The van der Waals surface area contributed by atoms with Gasteiger partial charge in [0, 0.05) is 32.3 Å². The maximum absolute atomic E-state index is 14.5. The predicted molar refractivity (Wildman–Crippen MR) is 126 cm³/mol. The number of likely N-dealkylation sites (N-methyl/N-ethyl adjacent to an activating group) is 1. The molecule has 0 radical (unpaired) electrons. The van der Waals surface area contributed by atoms with Gasteiger partial charge in [-0.15, -0.1) is 0 Å². The van der Waals surface area contributed by atoms with Crippen LogP contribution < -0.4 is 25.3 Å². The number of carbonyl (C=O) groups excluding carboxylic acids is 1. The number of aromatic nitrogens is 2. The third kappa shape index (κ3) is 6.36. The fourth-order valence-electron chi connectivity index (χ4n) is 3.44. The number of nitrogens with zero attached hydrogens (tertiary/aromatic N) is 4. The molecule has 0 bridgehead atoms. The van der Waals surface area contributed by atoms with E-state index in [2.05, 4.69) is 20.3 Å². The number of aliphatic imine (C=N–C) groups is 1. The molecule has 0 spiro atoms. The van der Waals surface area contributed by atoms with E-state index in [4.69, 9.17) is 19.9 Å². The minimum Gasteiger partial charge on any atom is -0.494 e. The zero-order valence-electron chi connectivity index (χ0n) is 20.1. The van der Waals surface area contributed by atoms with Gasteiger partial charge in [-0.1, -0.05) is 0 Å². The van der Waals surface area contributed by atoms with Crippen molar-refractivity contribution in [3.8, 4) is 17.2 Å². The van der Waals surface area contributed by atoms with Crippen LogP contribution in [0.5, 0.6) is 17.2 Å². The molecule has 194 valence electrons.